The summed E-state index contributed by atoms with van der Waals surface area (Å²) >= 11 is 0. The number of hydrogen-bond donors (Lipinski definition) is 1. The van der Waals surface area contributed by atoms with Gasteiger partial charge >= 0.3 is 0 Å². The Kier molecular flexibility index (Phi) is 5.21. The van der Waals surface area contributed by atoms with Crippen LogP contribution in [0.15, 0.2) is 67.6 Å². The number of pyridine rings is 2. The molecule has 0 aliphatic heterocycles. The number of carbonyl (C=O) groups excluding carboxylic acids is 1. The summed E-state index contributed by atoms with van der Waals surface area (Å²) in [6.07, 6.45) is 6.61. The zero-order valence-electron chi connectivity index (χ0n) is 17.1. The number of aromatic nitrogens is 3. The number of methoxy groups -OCH3 is 1. The summed E-state index contributed by atoms with van der Waals surface area (Å²) in [5.41, 5.74) is 5.32. The molecule has 3 heterocycles. The predicted octanol–water partition coefficient (Wildman–Crippen LogP) is 4.31. The first-order valence-electron chi connectivity index (χ1n) is 9.47. The van der Waals surface area contributed by atoms with Crippen LogP contribution in [0.2, 0.25) is 0 Å². The van der Waals surface area contributed by atoms with E-state index in [1.807, 2.05) is 42.1 Å². The topological polar surface area (TPSA) is 92.8 Å². The predicted molar refractivity (Wildman–Crippen MR) is 119 cm³/mol. The number of nitriles is 1. The van der Waals surface area contributed by atoms with Gasteiger partial charge in [-0.15, -0.1) is 0 Å². The lowest BCUT2D eigenvalue weighted by Gasteiger charge is -2.10. The molecule has 7 nitrogen and oxygen atoms in total. The van der Waals surface area contributed by atoms with Crippen LogP contribution < -0.4 is 10.1 Å². The highest BCUT2D eigenvalue weighted by Crippen LogP contribution is 2.34. The molecule has 0 spiro atoms. The van der Waals surface area contributed by atoms with E-state index >= 15 is 0 Å². The van der Waals surface area contributed by atoms with Crippen molar-refractivity contribution in [1.29, 1.82) is 5.26 Å². The second-order valence-corrected chi connectivity index (χ2v) is 6.93. The maximum atomic E-state index is 11.7. The van der Waals surface area contributed by atoms with Crippen LogP contribution in [-0.2, 0) is 11.8 Å². The monoisotopic (exact) mass is 409 g/mol. The van der Waals surface area contributed by atoms with Gasteiger partial charge in [0, 0.05) is 53.9 Å². The van der Waals surface area contributed by atoms with Crippen molar-refractivity contribution in [2.24, 2.45) is 7.05 Å². The van der Waals surface area contributed by atoms with Gasteiger partial charge in [0.2, 0.25) is 5.91 Å². The minimum atomic E-state index is -0.302. The number of rotatable bonds is 5. The summed E-state index contributed by atoms with van der Waals surface area (Å²) in [5, 5.41) is 12.9. The van der Waals surface area contributed by atoms with E-state index in [4.69, 9.17) is 4.74 Å². The molecule has 4 aromatic rings. The number of benzene rings is 1. The quantitative estimate of drug-likeness (QED) is 0.496. The Morgan fingerprint density at radius 2 is 2.03 bits per heavy atom. The van der Waals surface area contributed by atoms with Crippen molar-refractivity contribution >= 4 is 22.6 Å². The fourth-order valence-corrected chi connectivity index (χ4v) is 3.46. The van der Waals surface area contributed by atoms with Crippen LogP contribution in [0.3, 0.4) is 0 Å². The summed E-state index contributed by atoms with van der Waals surface area (Å²) < 4.78 is 7.35. The number of nitrogens with zero attached hydrogens (tertiary/aromatic N) is 4. The summed E-state index contributed by atoms with van der Waals surface area (Å²) in [7, 11) is 3.50. The van der Waals surface area contributed by atoms with Crippen molar-refractivity contribution in [2.75, 3.05) is 12.4 Å². The second kappa shape index (κ2) is 8.13. The number of hydrogen-bond acceptors (Lipinski definition) is 5. The maximum Gasteiger partial charge on any atom is 0.247 e. The van der Waals surface area contributed by atoms with E-state index < -0.39 is 0 Å². The molecule has 0 fully saturated rings. The number of carbonyl (C=O) groups is 1. The van der Waals surface area contributed by atoms with Crippen LogP contribution in [-0.4, -0.2) is 27.6 Å². The zero-order valence-corrected chi connectivity index (χ0v) is 17.1. The standard InChI is InChI=1S/C24H19N5O2/c1-4-23(30)28-18-8-16(9-20(11-18)31-3)17-10-21-22(14-29(2)24(21)27-13-17)15-5-6-26-19(7-15)12-25/h4-11,13-14H,1H2,2-3H3,(H,28,30). The first-order valence-corrected chi connectivity index (χ1v) is 9.47. The van der Waals surface area contributed by atoms with E-state index in [9.17, 15) is 10.1 Å². The third kappa shape index (κ3) is 3.87. The summed E-state index contributed by atoms with van der Waals surface area (Å²) in [4.78, 5) is 20.4. The first kappa shape index (κ1) is 19.9. The molecule has 4 rings (SSSR count). The Bertz CT molecular complexity index is 1360. The van der Waals surface area contributed by atoms with Crippen LogP contribution in [0.25, 0.3) is 33.3 Å². The molecular formula is C24H19N5O2. The van der Waals surface area contributed by atoms with Crippen molar-refractivity contribution in [3.05, 3.63) is 73.3 Å². The van der Waals surface area contributed by atoms with Gasteiger partial charge in [-0.25, -0.2) is 9.97 Å². The minimum absolute atomic E-state index is 0.302. The highest BCUT2D eigenvalue weighted by molar-refractivity contribution is 6.00. The average Bonchev–Trinajstić information content (AvgIpc) is 3.14. The number of aryl methyl sites for hydroxylation is 1. The Hall–Kier alpha value is -4.44. The van der Waals surface area contributed by atoms with E-state index in [0.717, 1.165) is 33.3 Å². The van der Waals surface area contributed by atoms with E-state index in [2.05, 4.69) is 27.9 Å². The fourth-order valence-electron chi connectivity index (χ4n) is 3.46. The zero-order chi connectivity index (χ0) is 22.0. The maximum absolute atomic E-state index is 11.7. The molecule has 0 radical (unpaired) electrons. The van der Waals surface area contributed by atoms with Crippen molar-refractivity contribution < 1.29 is 9.53 Å². The molecular weight excluding hydrogens is 390 g/mol. The lowest BCUT2D eigenvalue weighted by atomic mass is 10.0. The molecule has 0 saturated heterocycles. The molecule has 0 bridgehead atoms. The molecule has 31 heavy (non-hydrogen) atoms. The van der Waals surface area contributed by atoms with Crippen LogP contribution in [0, 0.1) is 11.3 Å². The smallest absolute Gasteiger partial charge is 0.247 e. The molecule has 0 aliphatic rings. The van der Waals surface area contributed by atoms with Crippen LogP contribution >= 0.6 is 0 Å². The minimum Gasteiger partial charge on any atom is -0.497 e. The van der Waals surface area contributed by atoms with Crippen molar-refractivity contribution in [3.8, 4) is 34.1 Å². The third-order valence-corrected chi connectivity index (χ3v) is 4.93. The molecule has 0 saturated carbocycles. The van der Waals surface area contributed by atoms with E-state index in [1.54, 1.807) is 31.6 Å². The molecule has 0 atom stereocenters. The molecule has 3 aromatic heterocycles. The lowest BCUT2D eigenvalue weighted by Crippen LogP contribution is -2.07. The van der Waals surface area contributed by atoms with Gasteiger partial charge in [-0.3, -0.25) is 4.79 Å². The highest BCUT2D eigenvalue weighted by Gasteiger charge is 2.13. The van der Waals surface area contributed by atoms with Crippen LogP contribution in [0.4, 0.5) is 5.69 Å². The second-order valence-electron chi connectivity index (χ2n) is 6.93. The Labute approximate surface area is 179 Å². The SMILES string of the molecule is C=CC(=O)Nc1cc(OC)cc(-c2cnc3c(c2)c(-c2ccnc(C#N)c2)cn3C)c1. The molecule has 0 unspecified atom stereocenters. The average molecular weight is 409 g/mol. The van der Waals surface area contributed by atoms with E-state index in [1.165, 1.54) is 6.08 Å². The summed E-state index contributed by atoms with van der Waals surface area (Å²) in [6, 6.07) is 13.2. The normalized spacial score (nSPS) is 10.5. The first-order chi connectivity index (χ1) is 15.0. The summed E-state index contributed by atoms with van der Waals surface area (Å²) in [6.45, 7) is 3.49. The third-order valence-electron chi connectivity index (χ3n) is 4.93. The Morgan fingerprint density at radius 1 is 1.19 bits per heavy atom. The van der Waals surface area contributed by atoms with Gasteiger partial charge in [0.1, 0.15) is 23.2 Å². The van der Waals surface area contributed by atoms with Crippen LogP contribution in [0.1, 0.15) is 5.69 Å². The highest BCUT2D eigenvalue weighted by atomic mass is 16.5. The molecule has 7 heteroatoms. The van der Waals surface area contributed by atoms with E-state index in [-0.39, 0.29) is 5.91 Å². The van der Waals surface area contributed by atoms with Crippen molar-refractivity contribution in [1.82, 2.24) is 14.5 Å². The largest absolute Gasteiger partial charge is 0.497 e. The molecule has 1 N–H and O–H groups in total. The van der Waals surface area contributed by atoms with Crippen LogP contribution in [0.5, 0.6) is 5.75 Å². The van der Waals surface area contributed by atoms with Gasteiger partial charge in [0.15, 0.2) is 0 Å². The molecule has 1 amide bonds. The van der Waals surface area contributed by atoms with Gasteiger partial charge in [0.05, 0.1) is 7.11 Å². The van der Waals surface area contributed by atoms with Gasteiger partial charge in [-0.05, 0) is 47.5 Å². The molecule has 1 aromatic carbocycles. The van der Waals surface area contributed by atoms with Gasteiger partial charge < -0.3 is 14.6 Å². The van der Waals surface area contributed by atoms with Crippen molar-refractivity contribution in [2.45, 2.75) is 0 Å². The summed E-state index contributed by atoms with van der Waals surface area (Å²) in [5.74, 6) is 0.308. The molecule has 0 aliphatic carbocycles. The molecule has 152 valence electrons. The van der Waals surface area contributed by atoms with Gasteiger partial charge in [0.25, 0.3) is 0 Å². The number of anilines is 1. The van der Waals surface area contributed by atoms with Gasteiger partial charge in [-0.2, -0.15) is 5.26 Å². The Morgan fingerprint density at radius 3 is 2.77 bits per heavy atom. The number of nitrogens with one attached hydrogen (secondary N) is 1. The lowest BCUT2D eigenvalue weighted by molar-refractivity contribution is -0.111. The number of fused-ring (bicyclic) bond motifs is 1. The Balaban J connectivity index is 1.86. The number of amides is 1. The number of ether oxygens (including phenoxy) is 1. The van der Waals surface area contributed by atoms with Gasteiger partial charge in [-0.1, -0.05) is 6.58 Å². The van der Waals surface area contributed by atoms with E-state index in [0.29, 0.717) is 17.1 Å². The fraction of sp³-hybridized carbons (Fsp3) is 0.0833. The van der Waals surface area contributed by atoms with Crippen molar-refractivity contribution in [3.63, 3.8) is 0 Å².